The maximum absolute atomic E-state index is 10.3. The van der Waals surface area contributed by atoms with Crippen molar-refractivity contribution in [3.63, 3.8) is 0 Å². The van der Waals surface area contributed by atoms with Crippen LogP contribution in [-0.2, 0) is 52.1 Å². The Morgan fingerprint density at radius 3 is 0.558 bits per heavy atom. The van der Waals surface area contributed by atoms with Crippen molar-refractivity contribution in [1.29, 1.82) is 0 Å². The van der Waals surface area contributed by atoms with Crippen LogP contribution in [0.25, 0.3) is 0 Å². The third-order valence-corrected chi connectivity index (χ3v) is 4.10. The summed E-state index contributed by atoms with van der Waals surface area (Å²) in [7, 11) is 0. The zero-order valence-corrected chi connectivity index (χ0v) is 25.0. The molecule has 0 fully saturated rings. The predicted molar refractivity (Wildman–Crippen MR) is 128 cm³/mol. The summed E-state index contributed by atoms with van der Waals surface area (Å²) >= 11 is 0. The molecule has 19 heteroatoms. The number of carboxylic acid groups (broad SMARTS) is 6. The molecule has 0 spiro atoms. The number of carboxylic acids is 6. The van der Waals surface area contributed by atoms with Gasteiger partial charge in [0.25, 0.3) is 0 Å². The van der Waals surface area contributed by atoms with E-state index in [1.54, 1.807) is 0 Å². The van der Waals surface area contributed by atoms with Gasteiger partial charge in [0, 0.05) is 52.1 Å². The van der Waals surface area contributed by atoms with Crippen LogP contribution in [-0.4, -0.2) is 73.0 Å². The maximum atomic E-state index is 10.3. The average molecular weight is 723 g/mol. The van der Waals surface area contributed by atoms with Crippen LogP contribution in [0.3, 0.4) is 0 Å². The summed E-state index contributed by atoms with van der Waals surface area (Å²) in [6.45, 7) is 0. The Balaban J connectivity index is -0.0000000836. The van der Waals surface area contributed by atoms with E-state index in [0.29, 0.717) is 0 Å². The summed E-state index contributed by atoms with van der Waals surface area (Å²) in [4.78, 5) is 61.6. The molecule has 0 aliphatic rings. The van der Waals surface area contributed by atoms with Crippen molar-refractivity contribution in [2.45, 2.75) is 0 Å². The first-order valence-corrected chi connectivity index (χ1v) is 9.47. The van der Waals surface area contributed by atoms with E-state index in [1.165, 1.54) is 72.8 Å². The molecule has 0 amide bonds. The molecule has 3 rings (SSSR count). The second-order valence-corrected chi connectivity index (χ2v) is 6.51. The van der Waals surface area contributed by atoms with Gasteiger partial charge in [0.2, 0.25) is 0 Å². The number of carbonyl (C=O) groups is 6. The maximum Gasteiger partial charge on any atom is 0.335 e. The van der Waals surface area contributed by atoms with Gasteiger partial charge in [0.15, 0.2) is 0 Å². The Bertz CT molecular complexity index is 1020. The molecule has 3 aromatic carbocycles. The van der Waals surface area contributed by atoms with Gasteiger partial charge in [0.05, 0.1) is 34.6 Å². The number of hydrogen-bond donors (Lipinski definition) is 3. The molecule has 0 bridgehead atoms. The van der Waals surface area contributed by atoms with Gasteiger partial charge in [0.1, 0.15) is 0 Å². The largest absolute Gasteiger partial charge is 0.545 e. The van der Waals surface area contributed by atoms with Crippen LogP contribution in [0.1, 0.15) is 62.1 Å². The summed E-state index contributed by atoms with van der Waals surface area (Å²) in [6.07, 6.45) is 0. The van der Waals surface area contributed by atoms with E-state index in [1.807, 2.05) is 0 Å². The fourth-order valence-corrected chi connectivity index (χ4v) is 2.25. The fourth-order valence-electron chi connectivity index (χ4n) is 2.25. The second-order valence-electron chi connectivity index (χ2n) is 6.51. The minimum atomic E-state index is -1.31. The Hall–Kier alpha value is -4.08. The van der Waals surface area contributed by atoms with Crippen molar-refractivity contribution >= 4 is 35.8 Å². The first-order chi connectivity index (χ1) is 16.8. The van der Waals surface area contributed by atoms with Crippen LogP contribution in [0.4, 0.5) is 0 Å². The molecule has 0 atom stereocenters. The van der Waals surface area contributed by atoms with Gasteiger partial charge in [-0.1, -0.05) is 36.4 Å². The number of benzene rings is 3. The van der Waals surface area contributed by atoms with E-state index in [0.717, 1.165) is 0 Å². The molecule has 236 valence electrons. The van der Waals surface area contributed by atoms with E-state index >= 15 is 0 Å². The smallest absolute Gasteiger partial charge is 0.335 e. The average Bonchev–Trinajstić information content (AvgIpc) is 2.84. The minimum Gasteiger partial charge on any atom is -0.545 e. The van der Waals surface area contributed by atoms with Gasteiger partial charge in [-0.05, 0) is 53.1 Å². The van der Waals surface area contributed by atoms with E-state index in [2.05, 4.69) is 0 Å². The normalized spacial score (nSPS) is 7.81. The SMILES string of the molecule is O.O.O.O.O=C([O-])c1ccc(C(=O)O)cc1.O=C([O-])c1ccc(C(=O)O)cc1.O=C([O-])c1ccc(C(=O)O)cc1.[Cr].[Cr].[Cr]. The number of rotatable bonds is 6. The second kappa shape index (κ2) is 26.8. The van der Waals surface area contributed by atoms with Crippen molar-refractivity contribution in [3.8, 4) is 0 Å². The van der Waals surface area contributed by atoms with Crippen molar-refractivity contribution in [2.24, 2.45) is 0 Å². The van der Waals surface area contributed by atoms with E-state index in [-0.39, 0.29) is 107 Å². The molecule has 0 saturated carbocycles. The van der Waals surface area contributed by atoms with Crippen LogP contribution in [0, 0.1) is 0 Å². The summed E-state index contributed by atoms with van der Waals surface area (Å²) in [5, 5.41) is 56.0. The van der Waals surface area contributed by atoms with E-state index < -0.39 is 35.8 Å². The molecule has 3 aromatic rings. The van der Waals surface area contributed by atoms with Gasteiger partial charge in [-0.2, -0.15) is 0 Å². The topological polar surface area (TPSA) is 358 Å². The molecule has 0 saturated heterocycles. The van der Waals surface area contributed by atoms with Crippen molar-refractivity contribution < 1.29 is 133 Å². The van der Waals surface area contributed by atoms with Gasteiger partial charge in [-0.3, -0.25) is 0 Å². The van der Waals surface area contributed by atoms with Crippen molar-refractivity contribution in [3.05, 3.63) is 106 Å². The minimum absolute atomic E-state index is 0. The Labute approximate surface area is 274 Å². The molecule has 0 radical (unpaired) electrons. The van der Waals surface area contributed by atoms with Gasteiger partial charge < -0.3 is 66.9 Å². The molecular formula is C24H23Cr3O16-3. The number of hydrogen-bond acceptors (Lipinski definition) is 9. The predicted octanol–water partition coefficient (Wildman–Crippen LogP) is -4.06. The molecule has 11 N–H and O–H groups in total. The van der Waals surface area contributed by atoms with E-state index in [4.69, 9.17) is 15.3 Å². The summed E-state index contributed by atoms with van der Waals surface area (Å²) in [5.74, 6) is -7.19. The molecule has 0 aliphatic heterocycles. The first kappa shape index (κ1) is 54.9. The van der Waals surface area contributed by atoms with Crippen molar-refractivity contribution in [2.75, 3.05) is 0 Å². The number of aromatic carboxylic acids is 6. The van der Waals surface area contributed by atoms with Crippen LogP contribution in [0.2, 0.25) is 0 Å². The van der Waals surface area contributed by atoms with Crippen LogP contribution >= 0.6 is 0 Å². The van der Waals surface area contributed by atoms with Crippen molar-refractivity contribution in [1.82, 2.24) is 0 Å². The van der Waals surface area contributed by atoms with Crippen LogP contribution in [0.15, 0.2) is 72.8 Å². The van der Waals surface area contributed by atoms with Crippen LogP contribution < -0.4 is 15.3 Å². The molecule has 0 heterocycles. The molecule has 0 aromatic heterocycles. The van der Waals surface area contributed by atoms with E-state index in [9.17, 15) is 44.1 Å². The van der Waals surface area contributed by atoms with Gasteiger partial charge in [-0.15, -0.1) is 0 Å². The third kappa shape index (κ3) is 19.6. The first-order valence-electron chi connectivity index (χ1n) is 9.47. The van der Waals surface area contributed by atoms with Gasteiger partial charge in [-0.25, -0.2) is 14.4 Å². The standard InChI is InChI=1S/3C8H6O4.3Cr.4H2O/c3*9-7(10)5-1-2-6(4-3-5)8(11)12;;;;;;;/h3*1-4H,(H,9,10)(H,11,12);;;;4*1H2/p-3. The van der Waals surface area contributed by atoms with Gasteiger partial charge >= 0.3 is 17.9 Å². The monoisotopic (exact) mass is 723 g/mol. The number of carbonyl (C=O) groups excluding carboxylic acids is 3. The zero-order chi connectivity index (χ0) is 27.4. The molecule has 16 nitrogen and oxygen atoms in total. The Morgan fingerprint density at radius 2 is 0.465 bits per heavy atom. The Morgan fingerprint density at radius 1 is 0.349 bits per heavy atom. The molecule has 0 aliphatic carbocycles. The third-order valence-electron chi connectivity index (χ3n) is 4.10. The summed E-state index contributed by atoms with van der Waals surface area (Å²) in [5.41, 5.74) is 0.0833. The molecule has 43 heavy (non-hydrogen) atoms. The van der Waals surface area contributed by atoms with Crippen LogP contribution in [0.5, 0.6) is 0 Å². The molecule has 0 unspecified atom stereocenters. The summed E-state index contributed by atoms with van der Waals surface area (Å²) in [6, 6.07) is 14.5. The molecular weight excluding hydrogens is 700 g/mol. The zero-order valence-electron chi connectivity index (χ0n) is 21.2. The fraction of sp³-hybridized carbons (Fsp3) is 0. The quantitative estimate of drug-likeness (QED) is 0.219. The Kier molecular flexibility index (Phi) is 34.2. The summed E-state index contributed by atoms with van der Waals surface area (Å²) < 4.78 is 0.